The van der Waals surface area contributed by atoms with Gasteiger partial charge < -0.3 is 10.1 Å². The Morgan fingerprint density at radius 1 is 1.45 bits per heavy atom. The second kappa shape index (κ2) is 5.74. The fourth-order valence-electron chi connectivity index (χ4n) is 3.59. The summed E-state index contributed by atoms with van der Waals surface area (Å²) in [6, 6.07) is 5.19. The summed E-state index contributed by atoms with van der Waals surface area (Å²) in [5.74, 6) is 0.556. The lowest BCUT2D eigenvalue weighted by atomic mass is 9.76. The van der Waals surface area contributed by atoms with Crippen LogP contribution < -0.4 is 5.32 Å². The van der Waals surface area contributed by atoms with Crippen LogP contribution in [0.1, 0.15) is 44.3 Å². The van der Waals surface area contributed by atoms with Gasteiger partial charge in [0, 0.05) is 22.1 Å². The molecular weight excluding hydrogens is 321 g/mol. The van der Waals surface area contributed by atoms with Crippen molar-refractivity contribution in [2.24, 2.45) is 5.92 Å². The van der Waals surface area contributed by atoms with Gasteiger partial charge in [-0.15, -0.1) is 0 Å². The highest BCUT2D eigenvalue weighted by Crippen LogP contribution is 2.37. The molecule has 1 saturated carbocycles. The molecule has 1 saturated heterocycles. The Hall–Kier alpha value is -0.450. The first kappa shape index (κ1) is 14.5. The fraction of sp³-hybridized carbons (Fsp3) is 0.625. The molecule has 1 aliphatic carbocycles. The topological polar surface area (TPSA) is 21.3 Å². The molecule has 3 rings (SSSR count). The van der Waals surface area contributed by atoms with Crippen molar-refractivity contribution in [1.82, 2.24) is 5.32 Å². The van der Waals surface area contributed by atoms with Crippen molar-refractivity contribution in [3.8, 4) is 0 Å². The first-order chi connectivity index (χ1) is 9.58. The van der Waals surface area contributed by atoms with E-state index in [1.54, 1.807) is 0 Å². The Labute approximate surface area is 128 Å². The number of halogens is 2. The van der Waals surface area contributed by atoms with E-state index in [9.17, 15) is 4.39 Å². The molecule has 110 valence electrons. The van der Waals surface area contributed by atoms with Crippen molar-refractivity contribution in [3.05, 3.63) is 34.1 Å². The highest BCUT2D eigenvalue weighted by Gasteiger charge is 2.39. The SMILES string of the molecule is CC1CCCC2(COC(c3ccc(Br)cc3F)CN2)C1. The van der Waals surface area contributed by atoms with E-state index in [1.807, 2.05) is 12.1 Å². The molecule has 0 radical (unpaired) electrons. The third-order valence-electron chi connectivity index (χ3n) is 4.62. The van der Waals surface area contributed by atoms with Crippen LogP contribution in [0.25, 0.3) is 0 Å². The summed E-state index contributed by atoms with van der Waals surface area (Å²) in [5.41, 5.74) is 0.777. The molecule has 3 unspecified atom stereocenters. The van der Waals surface area contributed by atoms with Gasteiger partial charge in [0.15, 0.2) is 0 Å². The first-order valence-electron chi connectivity index (χ1n) is 7.40. The van der Waals surface area contributed by atoms with Crippen LogP contribution >= 0.6 is 15.9 Å². The van der Waals surface area contributed by atoms with Gasteiger partial charge in [-0.25, -0.2) is 4.39 Å². The molecule has 4 heteroatoms. The first-order valence-corrected chi connectivity index (χ1v) is 8.19. The standard InChI is InChI=1S/C16H21BrFNO/c1-11-3-2-6-16(8-11)10-20-15(9-19-16)13-5-4-12(17)7-14(13)18/h4-5,7,11,15,19H,2-3,6,8-10H2,1H3. The van der Waals surface area contributed by atoms with E-state index in [0.717, 1.165) is 10.4 Å². The molecule has 0 amide bonds. The number of hydrogen-bond acceptors (Lipinski definition) is 2. The van der Waals surface area contributed by atoms with Crippen LogP contribution in [0.4, 0.5) is 4.39 Å². The maximum atomic E-state index is 14.0. The molecule has 1 aromatic carbocycles. The molecule has 20 heavy (non-hydrogen) atoms. The van der Waals surface area contributed by atoms with Crippen molar-refractivity contribution in [2.45, 2.75) is 44.2 Å². The third-order valence-corrected chi connectivity index (χ3v) is 5.12. The molecular formula is C16H21BrFNO. The monoisotopic (exact) mass is 341 g/mol. The quantitative estimate of drug-likeness (QED) is 0.826. The van der Waals surface area contributed by atoms with Gasteiger partial charge in [-0.05, 0) is 30.9 Å². The highest BCUT2D eigenvalue weighted by atomic mass is 79.9. The van der Waals surface area contributed by atoms with Crippen molar-refractivity contribution in [2.75, 3.05) is 13.2 Å². The van der Waals surface area contributed by atoms with Crippen LogP contribution in [-0.2, 0) is 4.74 Å². The normalized spacial score (nSPS) is 34.4. The van der Waals surface area contributed by atoms with E-state index in [4.69, 9.17) is 4.74 Å². The molecule has 1 aliphatic heterocycles. The number of hydrogen-bond donors (Lipinski definition) is 1. The minimum absolute atomic E-state index is 0.125. The van der Waals surface area contributed by atoms with Crippen LogP contribution in [0.3, 0.4) is 0 Å². The maximum absolute atomic E-state index is 14.0. The molecule has 0 aromatic heterocycles. The lowest BCUT2D eigenvalue weighted by Crippen LogP contribution is -2.57. The lowest BCUT2D eigenvalue weighted by molar-refractivity contribution is -0.0539. The van der Waals surface area contributed by atoms with E-state index in [0.29, 0.717) is 18.7 Å². The van der Waals surface area contributed by atoms with Gasteiger partial charge in [-0.3, -0.25) is 0 Å². The summed E-state index contributed by atoms with van der Waals surface area (Å²) < 4.78 is 20.8. The molecule has 1 heterocycles. The van der Waals surface area contributed by atoms with E-state index in [1.165, 1.54) is 31.7 Å². The molecule has 3 atom stereocenters. The van der Waals surface area contributed by atoms with Gasteiger partial charge >= 0.3 is 0 Å². The Morgan fingerprint density at radius 2 is 2.30 bits per heavy atom. The van der Waals surface area contributed by atoms with E-state index >= 15 is 0 Å². The van der Waals surface area contributed by atoms with E-state index in [2.05, 4.69) is 28.2 Å². The molecule has 0 bridgehead atoms. The second-order valence-corrected chi connectivity index (χ2v) is 7.24. The largest absolute Gasteiger partial charge is 0.370 e. The minimum atomic E-state index is -0.195. The van der Waals surface area contributed by atoms with Crippen molar-refractivity contribution >= 4 is 15.9 Å². The van der Waals surface area contributed by atoms with Gasteiger partial charge in [0.05, 0.1) is 12.7 Å². The molecule has 2 aliphatic rings. The van der Waals surface area contributed by atoms with Crippen molar-refractivity contribution in [3.63, 3.8) is 0 Å². The number of nitrogens with one attached hydrogen (secondary N) is 1. The van der Waals surface area contributed by atoms with Crippen LogP contribution in [0.2, 0.25) is 0 Å². The Kier molecular flexibility index (Phi) is 4.16. The van der Waals surface area contributed by atoms with Gasteiger partial charge in [0.25, 0.3) is 0 Å². The van der Waals surface area contributed by atoms with Gasteiger partial charge in [-0.2, -0.15) is 0 Å². The summed E-state index contributed by atoms with van der Waals surface area (Å²) in [5, 5.41) is 3.65. The summed E-state index contributed by atoms with van der Waals surface area (Å²) in [7, 11) is 0. The lowest BCUT2D eigenvalue weighted by Gasteiger charge is -2.45. The number of rotatable bonds is 1. The number of benzene rings is 1. The van der Waals surface area contributed by atoms with E-state index < -0.39 is 0 Å². The molecule has 1 N–H and O–H groups in total. The minimum Gasteiger partial charge on any atom is -0.370 e. The van der Waals surface area contributed by atoms with Crippen LogP contribution in [0, 0.1) is 11.7 Å². The zero-order chi connectivity index (χ0) is 14.2. The van der Waals surface area contributed by atoms with Crippen LogP contribution in [0.5, 0.6) is 0 Å². The van der Waals surface area contributed by atoms with E-state index in [-0.39, 0.29) is 17.5 Å². The number of morpholine rings is 1. The molecule has 1 aromatic rings. The summed E-state index contributed by atoms with van der Waals surface area (Å²) in [6.07, 6.45) is 4.74. The Balaban J connectivity index is 1.69. The summed E-state index contributed by atoms with van der Waals surface area (Å²) in [4.78, 5) is 0. The zero-order valence-electron chi connectivity index (χ0n) is 11.8. The fourth-order valence-corrected chi connectivity index (χ4v) is 3.93. The predicted molar refractivity (Wildman–Crippen MR) is 81.2 cm³/mol. The van der Waals surface area contributed by atoms with Crippen LogP contribution in [-0.4, -0.2) is 18.7 Å². The molecule has 2 nitrogen and oxygen atoms in total. The predicted octanol–water partition coefficient (Wildman–Crippen LogP) is 4.20. The number of ether oxygens (including phenoxy) is 1. The Bertz CT molecular complexity index is 485. The van der Waals surface area contributed by atoms with Crippen molar-refractivity contribution < 1.29 is 9.13 Å². The summed E-state index contributed by atoms with van der Waals surface area (Å²) >= 11 is 3.29. The average molecular weight is 342 g/mol. The highest BCUT2D eigenvalue weighted by molar-refractivity contribution is 9.10. The second-order valence-electron chi connectivity index (χ2n) is 6.33. The Morgan fingerprint density at radius 3 is 2.95 bits per heavy atom. The van der Waals surface area contributed by atoms with Crippen LogP contribution in [0.15, 0.2) is 22.7 Å². The van der Waals surface area contributed by atoms with Gasteiger partial charge in [0.2, 0.25) is 0 Å². The molecule has 2 fully saturated rings. The summed E-state index contributed by atoms with van der Waals surface area (Å²) in [6.45, 7) is 3.70. The maximum Gasteiger partial charge on any atom is 0.130 e. The van der Waals surface area contributed by atoms with Gasteiger partial charge in [-0.1, -0.05) is 41.8 Å². The van der Waals surface area contributed by atoms with Gasteiger partial charge in [0.1, 0.15) is 5.82 Å². The average Bonchev–Trinajstić information content (AvgIpc) is 2.40. The molecule has 1 spiro atoms. The van der Waals surface area contributed by atoms with Crippen molar-refractivity contribution in [1.29, 1.82) is 0 Å². The smallest absolute Gasteiger partial charge is 0.130 e. The third kappa shape index (κ3) is 2.92. The zero-order valence-corrected chi connectivity index (χ0v) is 13.4.